The van der Waals surface area contributed by atoms with Gasteiger partial charge < -0.3 is 19.7 Å². The molecule has 6 rings (SSSR count). The number of thiophene rings is 1. The molecule has 32 heavy (non-hydrogen) atoms. The number of nitrogens with zero attached hydrogens (tertiary/aromatic N) is 2. The largest absolute Gasteiger partial charge is 0.481 e. The van der Waals surface area contributed by atoms with Crippen molar-refractivity contribution in [3.05, 3.63) is 62.9 Å². The van der Waals surface area contributed by atoms with E-state index in [0.717, 1.165) is 93.3 Å². The number of aromatic nitrogens is 2. The molecule has 0 aliphatic carbocycles. The predicted octanol–water partition coefficient (Wildman–Crippen LogP) is 5.20. The van der Waals surface area contributed by atoms with Crippen molar-refractivity contribution >= 4 is 33.2 Å². The Balaban J connectivity index is 1.48. The first-order chi connectivity index (χ1) is 15.7. The number of pyridine rings is 1. The molecule has 1 aromatic carbocycles. The summed E-state index contributed by atoms with van der Waals surface area (Å²) in [6.45, 7) is 1.68. The van der Waals surface area contributed by atoms with Crippen LogP contribution in [0.4, 0.5) is 0 Å². The van der Waals surface area contributed by atoms with Crippen LogP contribution in [0.25, 0.3) is 21.3 Å². The van der Waals surface area contributed by atoms with Crippen LogP contribution in [-0.2, 0) is 26.0 Å². The lowest BCUT2D eigenvalue weighted by molar-refractivity contribution is 0.158. The molecule has 0 unspecified atom stereocenters. The van der Waals surface area contributed by atoms with Crippen molar-refractivity contribution in [2.24, 2.45) is 0 Å². The summed E-state index contributed by atoms with van der Waals surface area (Å²) in [7, 11) is 0. The molecule has 0 bridgehead atoms. The van der Waals surface area contributed by atoms with Gasteiger partial charge in [0.05, 0.1) is 22.5 Å². The van der Waals surface area contributed by atoms with E-state index in [2.05, 4.69) is 15.5 Å². The molecule has 0 saturated heterocycles. The van der Waals surface area contributed by atoms with Gasteiger partial charge in [-0.25, -0.2) is 0 Å². The van der Waals surface area contributed by atoms with Gasteiger partial charge in [0.1, 0.15) is 5.75 Å². The summed E-state index contributed by atoms with van der Waals surface area (Å²) in [6.07, 6.45) is 5.19. The van der Waals surface area contributed by atoms with Gasteiger partial charge in [0.2, 0.25) is 0 Å². The van der Waals surface area contributed by atoms with E-state index in [9.17, 15) is 5.11 Å². The zero-order valence-corrected chi connectivity index (χ0v) is 18.9. The molecule has 8 heteroatoms. The van der Waals surface area contributed by atoms with Gasteiger partial charge in [-0.05, 0) is 49.1 Å². The first kappa shape index (κ1) is 20.2. The van der Waals surface area contributed by atoms with Gasteiger partial charge >= 0.3 is 0 Å². The Labute approximate surface area is 194 Å². The van der Waals surface area contributed by atoms with Crippen molar-refractivity contribution < 1.29 is 14.4 Å². The molecule has 0 fully saturated rings. The standard InChI is InChI=1S/C24H22ClN3O3S/c25-14-8-13-2-1-3-21(23-18-11-26-6-5-19(18)28-31-23)30-22(13)17(9-14)16-4-7-27-20-10-15(12-29)32-24(16)20/h4,7-10,21,26,29H,1-3,5-6,11-12H2/t21-/m1/s1. The van der Waals surface area contributed by atoms with E-state index in [1.165, 1.54) is 0 Å². The van der Waals surface area contributed by atoms with Gasteiger partial charge in [-0.15, -0.1) is 11.3 Å². The molecule has 3 aromatic heterocycles. The van der Waals surface area contributed by atoms with Crippen LogP contribution >= 0.6 is 22.9 Å². The van der Waals surface area contributed by atoms with Gasteiger partial charge in [0, 0.05) is 52.3 Å². The van der Waals surface area contributed by atoms with E-state index in [0.29, 0.717) is 5.02 Å². The molecule has 0 saturated carbocycles. The Morgan fingerprint density at radius 1 is 1.22 bits per heavy atom. The van der Waals surface area contributed by atoms with Crippen molar-refractivity contribution in [1.29, 1.82) is 0 Å². The highest BCUT2D eigenvalue weighted by Gasteiger charge is 2.30. The fourth-order valence-electron chi connectivity index (χ4n) is 4.73. The number of halogens is 1. The normalized spacial score (nSPS) is 18.1. The number of aliphatic hydroxyl groups excluding tert-OH is 1. The van der Waals surface area contributed by atoms with Crippen LogP contribution in [0.15, 0.2) is 35.0 Å². The zero-order chi connectivity index (χ0) is 21.7. The Bertz CT molecular complexity index is 1320. The van der Waals surface area contributed by atoms with Crippen LogP contribution in [0.2, 0.25) is 5.02 Å². The molecule has 2 aliphatic rings. The van der Waals surface area contributed by atoms with Crippen LogP contribution < -0.4 is 10.1 Å². The fraction of sp³-hybridized carbons (Fsp3) is 0.333. The average molecular weight is 468 g/mol. The lowest BCUT2D eigenvalue weighted by Crippen LogP contribution is -2.24. The molecule has 0 spiro atoms. The van der Waals surface area contributed by atoms with Gasteiger partial charge in [-0.1, -0.05) is 16.8 Å². The van der Waals surface area contributed by atoms with Crippen molar-refractivity contribution in [2.75, 3.05) is 6.54 Å². The first-order valence-electron chi connectivity index (χ1n) is 10.9. The maximum atomic E-state index is 9.63. The van der Waals surface area contributed by atoms with Crippen LogP contribution in [0, 0.1) is 0 Å². The molecular weight excluding hydrogens is 446 g/mol. The summed E-state index contributed by atoms with van der Waals surface area (Å²) < 4.78 is 13.5. The number of nitrogens with one attached hydrogen (secondary N) is 1. The predicted molar refractivity (Wildman–Crippen MR) is 124 cm³/mol. The van der Waals surface area contributed by atoms with Crippen LogP contribution in [0.3, 0.4) is 0 Å². The molecule has 2 N–H and O–H groups in total. The van der Waals surface area contributed by atoms with E-state index < -0.39 is 0 Å². The minimum atomic E-state index is -0.194. The fourth-order valence-corrected chi connectivity index (χ4v) is 5.97. The molecular formula is C24H22ClN3O3S. The molecule has 2 aliphatic heterocycles. The summed E-state index contributed by atoms with van der Waals surface area (Å²) in [6, 6.07) is 7.90. The van der Waals surface area contributed by atoms with Crippen molar-refractivity contribution in [1.82, 2.24) is 15.5 Å². The van der Waals surface area contributed by atoms with E-state index in [4.69, 9.17) is 20.9 Å². The third kappa shape index (κ3) is 3.40. The topological polar surface area (TPSA) is 80.4 Å². The maximum Gasteiger partial charge on any atom is 0.181 e. The molecule has 164 valence electrons. The van der Waals surface area contributed by atoms with Crippen LogP contribution in [0.5, 0.6) is 5.75 Å². The summed E-state index contributed by atoms with van der Waals surface area (Å²) >= 11 is 8.10. The number of aryl methyl sites for hydroxylation is 1. The Hall–Kier alpha value is -2.45. The average Bonchev–Trinajstić information content (AvgIpc) is 3.37. The molecule has 1 atom stereocenters. The third-order valence-corrected chi connectivity index (χ3v) is 7.61. The maximum absolute atomic E-state index is 9.63. The Morgan fingerprint density at radius 2 is 2.16 bits per heavy atom. The van der Waals surface area contributed by atoms with Gasteiger partial charge in [-0.3, -0.25) is 4.98 Å². The second kappa shape index (κ2) is 8.15. The SMILES string of the molecule is OCc1cc2nccc(-c3cc(Cl)cc4c3O[C@@H](c3onc5c3CNCC5)CCC4)c2s1. The highest BCUT2D eigenvalue weighted by molar-refractivity contribution is 7.19. The number of benzene rings is 1. The van der Waals surface area contributed by atoms with Crippen molar-refractivity contribution in [2.45, 2.75) is 44.9 Å². The monoisotopic (exact) mass is 467 g/mol. The summed E-state index contributed by atoms with van der Waals surface area (Å²) in [5, 5.41) is 18.0. The van der Waals surface area contributed by atoms with Gasteiger partial charge in [0.25, 0.3) is 0 Å². The van der Waals surface area contributed by atoms with Crippen molar-refractivity contribution in [3.63, 3.8) is 0 Å². The minimum Gasteiger partial charge on any atom is -0.481 e. The minimum absolute atomic E-state index is 0.00265. The van der Waals surface area contributed by atoms with Gasteiger partial charge in [-0.2, -0.15) is 0 Å². The summed E-state index contributed by atoms with van der Waals surface area (Å²) in [4.78, 5) is 5.37. The lowest BCUT2D eigenvalue weighted by atomic mass is 9.99. The molecule has 4 aromatic rings. The highest BCUT2D eigenvalue weighted by atomic mass is 35.5. The zero-order valence-electron chi connectivity index (χ0n) is 17.4. The first-order valence-corrected chi connectivity index (χ1v) is 12.1. The third-order valence-electron chi connectivity index (χ3n) is 6.24. The molecule has 5 heterocycles. The van der Waals surface area contributed by atoms with E-state index in [1.54, 1.807) is 17.5 Å². The summed E-state index contributed by atoms with van der Waals surface area (Å²) in [5.41, 5.74) is 6.10. The second-order valence-electron chi connectivity index (χ2n) is 8.28. The Morgan fingerprint density at radius 3 is 3.06 bits per heavy atom. The second-order valence-corrected chi connectivity index (χ2v) is 9.86. The van der Waals surface area contributed by atoms with Gasteiger partial charge in [0.15, 0.2) is 11.9 Å². The lowest BCUT2D eigenvalue weighted by Gasteiger charge is -2.20. The number of hydrogen-bond acceptors (Lipinski definition) is 7. The molecule has 0 radical (unpaired) electrons. The number of rotatable bonds is 3. The van der Waals surface area contributed by atoms with E-state index in [-0.39, 0.29) is 12.7 Å². The number of ether oxygens (including phenoxy) is 1. The quantitative estimate of drug-likeness (QED) is 0.431. The smallest absolute Gasteiger partial charge is 0.181 e. The Kier molecular flexibility index (Phi) is 5.14. The number of aliphatic hydroxyl groups is 1. The highest BCUT2D eigenvalue weighted by Crippen LogP contribution is 2.45. The van der Waals surface area contributed by atoms with E-state index >= 15 is 0 Å². The van der Waals surface area contributed by atoms with Crippen molar-refractivity contribution in [3.8, 4) is 16.9 Å². The number of fused-ring (bicyclic) bond motifs is 3. The molecule has 6 nitrogen and oxygen atoms in total. The van der Waals surface area contributed by atoms with Crippen LogP contribution in [-0.4, -0.2) is 21.8 Å². The van der Waals surface area contributed by atoms with Crippen LogP contribution in [0.1, 0.15) is 46.4 Å². The molecule has 0 amide bonds. The number of hydrogen-bond donors (Lipinski definition) is 2. The van der Waals surface area contributed by atoms with E-state index in [1.807, 2.05) is 24.3 Å². The summed E-state index contributed by atoms with van der Waals surface area (Å²) in [5.74, 6) is 1.68.